The highest BCUT2D eigenvalue weighted by molar-refractivity contribution is 7.89. The van der Waals surface area contributed by atoms with Crippen molar-refractivity contribution in [2.75, 3.05) is 20.1 Å². The van der Waals surface area contributed by atoms with E-state index in [9.17, 15) is 17.6 Å². The number of amides is 1. The van der Waals surface area contributed by atoms with E-state index in [1.165, 1.54) is 15.3 Å². The Bertz CT molecular complexity index is 1150. The highest BCUT2D eigenvalue weighted by Crippen LogP contribution is 2.18. The van der Waals surface area contributed by atoms with Gasteiger partial charge in [-0.2, -0.15) is 4.31 Å². The Labute approximate surface area is 189 Å². The maximum Gasteiger partial charge on any atom is 0.243 e. The minimum Gasteiger partial charge on any atom is -0.340 e. The highest BCUT2D eigenvalue weighted by Gasteiger charge is 2.27. The molecule has 7 heteroatoms. The fraction of sp³-hybridized carbons (Fsp3) is 0.240. The Balaban J connectivity index is 1.80. The Morgan fingerprint density at radius 2 is 1.53 bits per heavy atom. The molecule has 0 aliphatic rings. The molecule has 0 saturated heterocycles. The van der Waals surface area contributed by atoms with Crippen LogP contribution in [-0.4, -0.2) is 43.7 Å². The summed E-state index contributed by atoms with van der Waals surface area (Å²) in [5, 5.41) is 0. The van der Waals surface area contributed by atoms with Crippen molar-refractivity contribution in [1.82, 2.24) is 9.21 Å². The summed E-state index contributed by atoms with van der Waals surface area (Å²) in [5.74, 6) is -0.808. The molecule has 0 atom stereocenters. The molecule has 0 spiro atoms. The Morgan fingerprint density at radius 3 is 2.19 bits per heavy atom. The average molecular weight is 455 g/mol. The number of carbonyl (C=O) groups is 1. The van der Waals surface area contributed by atoms with E-state index in [-0.39, 0.29) is 24.5 Å². The van der Waals surface area contributed by atoms with Crippen molar-refractivity contribution in [2.45, 2.75) is 24.8 Å². The largest absolute Gasteiger partial charge is 0.340 e. The van der Waals surface area contributed by atoms with Crippen molar-refractivity contribution in [3.8, 4) is 0 Å². The van der Waals surface area contributed by atoms with E-state index in [0.29, 0.717) is 12.0 Å². The van der Waals surface area contributed by atoms with Crippen molar-refractivity contribution < 1.29 is 17.6 Å². The van der Waals surface area contributed by atoms with Crippen molar-refractivity contribution in [2.24, 2.45) is 0 Å². The molecule has 0 fully saturated rings. The molecule has 0 aromatic heterocycles. The van der Waals surface area contributed by atoms with Gasteiger partial charge in [-0.05, 0) is 37.1 Å². The summed E-state index contributed by atoms with van der Waals surface area (Å²) >= 11 is 0. The van der Waals surface area contributed by atoms with Crippen LogP contribution in [0.25, 0.3) is 0 Å². The van der Waals surface area contributed by atoms with Gasteiger partial charge in [-0.25, -0.2) is 12.8 Å². The molecule has 0 aliphatic carbocycles. The second-order valence-corrected chi connectivity index (χ2v) is 9.67. The van der Waals surface area contributed by atoms with Crippen LogP contribution in [0.15, 0.2) is 83.8 Å². The zero-order valence-electron chi connectivity index (χ0n) is 18.2. The van der Waals surface area contributed by atoms with E-state index in [1.54, 1.807) is 49.5 Å². The van der Waals surface area contributed by atoms with Gasteiger partial charge in [-0.1, -0.05) is 66.2 Å². The van der Waals surface area contributed by atoms with Crippen molar-refractivity contribution in [3.05, 3.63) is 101 Å². The first-order valence-electron chi connectivity index (χ1n) is 10.4. The average Bonchev–Trinajstić information content (AvgIpc) is 2.78. The van der Waals surface area contributed by atoms with Crippen LogP contribution in [0, 0.1) is 12.7 Å². The number of halogens is 1. The molecule has 0 radical (unpaired) electrons. The van der Waals surface area contributed by atoms with E-state index in [0.717, 1.165) is 11.1 Å². The lowest BCUT2D eigenvalue weighted by Gasteiger charge is -2.25. The summed E-state index contributed by atoms with van der Waals surface area (Å²) in [6.07, 6.45) is 0.468. The Hall–Kier alpha value is -3.03. The fourth-order valence-corrected chi connectivity index (χ4v) is 4.67. The van der Waals surface area contributed by atoms with E-state index in [4.69, 9.17) is 0 Å². The van der Waals surface area contributed by atoms with Crippen LogP contribution in [-0.2, 0) is 27.8 Å². The van der Waals surface area contributed by atoms with Crippen LogP contribution in [0.1, 0.15) is 16.7 Å². The van der Waals surface area contributed by atoms with Crippen LogP contribution in [0.5, 0.6) is 0 Å². The molecule has 0 N–H and O–H groups in total. The third-order valence-electron chi connectivity index (χ3n) is 5.25. The van der Waals surface area contributed by atoms with Gasteiger partial charge in [0.25, 0.3) is 0 Å². The minimum absolute atomic E-state index is 0.0581. The number of likely N-dealkylation sites (N-methyl/N-ethyl adjacent to an activating group) is 1. The molecule has 0 bridgehead atoms. The van der Waals surface area contributed by atoms with Gasteiger partial charge >= 0.3 is 0 Å². The van der Waals surface area contributed by atoms with Crippen molar-refractivity contribution >= 4 is 15.9 Å². The van der Waals surface area contributed by atoms with Gasteiger partial charge in [0.2, 0.25) is 15.9 Å². The SMILES string of the molecule is Cc1ccc(S(=O)(=O)N(CCc2ccccc2)CC(=O)N(C)Cc2ccccc2F)cc1. The summed E-state index contributed by atoms with van der Waals surface area (Å²) in [4.78, 5) is 14.4. The predicted octanol–water partition coefficient (Wildman–Crippen LogP) is 4.03. The number of hydrogen-bond acceptors (Lipinski definition) is 3. The Kier molecular flexibility index (Phi) is 7.77. The quantitative estimate of drug-likeness (QED) is 0.491. The van der Waals surface area contributed by atoms with Gasteiger partial charge in [0.15, 0.2) is 0 Å². The van der Waals surface area contributed by atoms with E-state index < -0.39 is 21.7 Å². The normalized spacial score (nSPS) is 11.5. The zero-order valence-corrected chi connectivity index (χ0v) is 19.1. The number of benzene rings is 3. The maximum absolute atomic E-state index is 14.0. The topological polar surface area (TPSA) is 57.7 Å². The number of hydrogen-bond donors (Lipinski definition) is 0. The van der Waals surface area contributed by atoms with E-state index in [1.807, 2.05) is 37.3 Å². The highest BCUT2D eigenvalue weighted by atomic mass is 32.2. The summed E-state index contributed by atoms with van der Waals surface area (Å²) in [6.45, 7) is 1.76. The van der Waals surface area contributed by atoms with Gasteiger partial charge in [-0.3, -0.25) is 4.79 Å². The number of aryl methyl sites for hydroxylation is 1. The van der Waals surface area contributed by atoms with E-state index in [2.05, 4.69) is 0 Å². The van der Waals surface area contributed by atoms with E-state index >= 15 is 0 Å². The van der Waals surface area contributed by atoms with Crippen molar-refractivity contribution in [3.63, 3.8) is 0 Å². The molecule has 3 aromatic rings. The third kappa shape index (κ3) is 6.02. The third-order valence-corrected chi connectivity index (χ3v) is 7.11. The summed E-state index contributed by atoms with van der Waals surface area (Å²) in [6, 6.07) is 22.3. The molecular weight excluding hydrogens is 427 g/mol. The molecule has 3 rings (SSSR count). The van der Waals surface area contributed by atoms with Crippen LogP contribution < -0.4 is 0 Å². The first-order chi connectivity index (χ1) is 15.3. The lowest BCUT2D eigenvalue weighted by atomic mass is 10.1. The first kappa shape index (κ1) is 23.6. The van der Waals surface area contributed by atoms with Gasteiger partial charge < -0.3 is 4.90 Å². The second-order valence-electron chi connectivity index (χ2n) is 7.73. The lowest BCUT2D eigenvalue weighted by Crippen LogP contribution is -2.42. The first-order valence-corrected chi connectivity index (χ1v) is 11.8. The zero-order chi connectivity index (χ0) is 23.1. The van der Waals surface area contributed by atoms with Gasteiger partial charge in [0, 0.05) is 25.7 Å². The van der Waals surface area contributed by atoms with Crippen LogP contribution in [0.3, 0.4) is 0 Å². The van der Waals surface area contributed by atoms with Gasteiger partial charge in [0.05, 0.1) is 11.4 Å². The number of nitrogens with zero attached hydrogens (tertiary/aromatic N) is 2. The molecule has 3 aromatic carbocycles. The van der Waals surface area contributed by atoms with Gasteiger partial charge in [-0.15, -0.1) is 0 Å². The number of rotatable bonds is 9. The minimum atomic E-state index is -3.89. The summed E-state index contributed by atoms with van der Waals surface area (Å²) in [5.41, 5.74) is 2.30. The lowest BCUT2D eigenvalue weighted by molar-refractivity contribution is -0.130. The molecule has 0 unspecified atom stereocenters. The van der Waals surface area contributed by atoms with Gasteiger partial charge in [0.1, 0.15) is 5.82 Å². The van der Waals surface area contributed by atoms with Crippen LogP contribution in [0.4, 0.5) is 4.39 Å². The standard InChI is InChI=1S/C25H27FN2O3S/c1-20-12-14-23(15-13-20)32(30,31)28(17-16-21-8-4-3-5-9-21)19-25(29)27(2)18-22-10-6-7-11-24(22)26/h3-15H,16-19H2,1-2H3. The molecule has 5 nitrogen and oxygen atoms in total. The molecule has 168 valence electrons. The molecule has 0 saturated carbocycles. The monoisotopic (exact) mass is 454 g/mol. The smallest absolute Gasteiger partial charge is 0.243 e. The summed E-state index contributed by atoms with van der Waals surface area (Å²) < 4.78 is 41.8. The molecule has 1 amide bonds. The number of carbonyl (C=O) groups excluding carboxylic acids is 1. The Morgan fingerprint density at radius 1 is 0.906 bits per heavy atom. The number of sulfonamides is 1. The van der Waals surface area contributed by atoms with Crippen LogP contribution in [0.2, 0.25) is 0 Å². The van der Waals surface area contributed by atoms with Crippen molar-refractivity contribution in [1.29, 1.82) is 0 Å². The molecular formula is C25H27FN2O3S. The maximum atomic E-state index is 14.0. The molecule has 32 heavy (non-hydrogen) atoms. The van der Waals surface area contributed by atoms with Crippen LogP contribution >= 0.6 is 0 Å². The molecule has 0 heterocycles. The fourth-order valence-electron chi connectivity index (χ4n) is 3.28. The predicted molar refractivity (Wildman–Crippen MR) is 123 cm³/mol. The summed E-state index contributed by atoms with van der Waals surface area (Å²) in [7, 11) is -2.34. The second kappa shape index (κ2) is 10.5. The molecule has 0 aliphatic heterocycles.